The molecule has 1 saturated carbocycles. The molecule has 1 fully saturated rings. The molecule has 1 unspecified atom stereocenters. The van der Waals surface area contributed by atoms with Gasteiger partial charge in [-0.15, -0.1) is 0 Å². The van der Waals surface area contributed by atoms with Crippen LogP contribution in [0.4, 0.5) is 0 Å². The van der Waals surface area contributed by atoms with Crippen molar-refractivity contribution in [3.05, 3.63) is 34.4 Å². The zero-order valence-corrected chi connectivity index (χ0v) is 14.0. The van der Waals surface area contributed by atoms with Gasteiger partial charge in [-0.3, -0.25) is 4.90 Å². The first-order valence-corrected chi connectivity index (χ1v) is 8.08. The Bertz CT molecular complexity index is 445. The predicted octanol–water partition coefficient (Wildman–Crippen LogP) is 2.97. The van der Waals surface area contributed by atoms with E-state index in [2.05, 4.69) is 44.9 Å². The van der Waals surface area contributed by atoms with Crippen molar-refractivity contribution in [3.8, 4) is 0 Å². The first-order valence-electron chi connectivity index (χ1n) is 8.08. The zero-order chi connectivity index (χ0) is 15.4. The Labute approximate surface area is 129 Å². The molecule has 21 heavy (non-hydrogen) atoms. The molecule has 2 N–H and O–H groups in total. The van der Waals surface area contributed by atoms with Crippen LogP contribution in [0, 0.1) is 26.7 Å². The summed E-state index contributed by atoms with van der Waals surface area (Å²) in [6.07, 6.45) is 2.70. The summed E-state index contributed by atoms with van der Waals surface area (Å²) in [6, 6.07) is 4.78. The van der Waals surface area contributed by atoms with Crippen LogP contribution in [0.2, 0.25) is 0 Å². The highest BCUT2D eigenvalue weighted by molar-refractivity contribution is 5.39. The Hall–Kier alpha value is -0.900. The second-order valence-electron chi connectivity index (χ2n) is 6.56. The summed E-state index contributed by atoms with van der Waals surface area (Å²) >= 11 is 0. The average molecular weight is 290 g/mol. The van der Waals surface area contributed by atoms with E-state index in [0.717, 1.165) is 25.7 Å². The van der Waals surface area contributed by atoms with E-state index in [1.807, 2.05) is 0 Å². The molecule has 0 spiro atoms. The summed E-state index contributed by atoms with van der Waals surface area (Å²) < 4.78 is 5.76. The van der Waals surface area contributed by atoms with Crippen LogP contribution < -0.4 is 5.73 Å². The lowest BCUT2D eigenvalue weighted by Crippen LogP contribution is -2.34. The Morgan fingerprint density at radius 1 is 1.24 bits per heavy atom. The summed E-state index contributed by atoms with van der Waals surface area (Å²) in [4.78, 5) is 2.33. The minimum Gasteiger partial charge on any atom is -0.380 e. The van der Waals surface area contributed by atoms with Gasteiger partial charge in [-0.2, -0.15) is 0 Å². The summed E-state index contributed by atoms with van der Waals surface area (Å²) in [5.41, 5.74) is 11.4. The molecule has 2 rings (SSSR count). The van der Waals surface area contributed by atoms with Crippen LogP contribution in [0.15, 0.2) is 12.1 Å². The van der Waals surface area contributed by atoms with Crippen LogP contribution >= 0.6 is 0 Å². The van der Waals surface area contributed by atoms with Gasteiger partial charge in [0.25, 0.3) is 0 Å². The second-order valence-corrected chi connectivity index (χ2v) is 6.56. The maximum Gasteiger partial charge on any atom is 0.0593 e. The lowest BCUT2D eigenvalue weighted by molar-refractivity contribution is 0.0921. The molecule has 1 aliphatic rings. The molecule has 3 heteroatoms. The highest BCUT2D eigenvalue weighted by Crippen LogP contribution is 2.29. The lowest BCUT2D eigenvalue weighted by atomic mass is 9.93. The fourth-order valence-corrected chi connectivity index (χ4v) is 3.13. The molecule has 1 aliphatic carbocycles. The van der Waals surface area contributed by atoms with E-state index in [4.69, 9.17) is 10.5 Å². The fraction of sp³-hybridized carbons (Fsp3) is 0.667. The monoisotopic (exact) mass is 290 g/mol. The smallest absolute Gasteiger partial charge is 0.0593 e. The van der Waals surface area contributed by atoms with Crippen molar-refractivity contribution in [2.45, 2.75) is 39.7 Å². The minimum absolute atomic E-state index is 0.273. The molecule has 1 aromatic rings. The van der Waals surface area contributed by atoms with Crippen molar-refractivity contribution in [1.82, 2.24) is 4.90 Å². The van der Waals surface area contributed by atoms with Crippen LogP contribution in [0.25, 0.3) is 0 Å². The molecular formula is C18H30N2O. The van der Waals surface area contributed by atoms with Crippen LogP contribution in [-0.2, 0) is 4.74 Å². The molecular weight excluding hydrogens is 260 g/mol. The van der Waals surface area contributed by atoms with Gasteiger partial charge in [-0.05, 0) is 63.3 Å². The maximum atomic E-state index is 6.06. The molecule has 1 atom stereocenters. The Balaban J connectivity index is 1.96. The van der Waals surface area contributed by atoms with Gasteiger partial charge in [0.2, 0.25) is 0 Å². The molecule has 0 aliphatic heterocycles. The van der Waals surface area contributed by atoms with Gasteiger partial charge in [0.1, 0.15) is 0 Å². The normalized spacial score (nSPS) is 16.5. The molecule has 0 saturated heterocycles. The van der Waals surface area contributed by atoms with E-state index in [1.165, 1.54) is 35.1 Å². The standard InChI is InChI=1S/C18H30N2O/c1-13-9-14(2)18(15(3)10-13)17(11-19)20(4)7-8-21-12-16-5-6-16/h9-10,16-17H,5-8,11-12,19H2,1-4H3. The molecule has 0 aromatic heterocycles. The second kappa shape index (κ2) is 7.39. The average Bonchev–Trinajstić information content (AvgIpc) is 3.22. The van der Waals surface area contributed by atoms with E-state index in [1.54, 1.807) is 0 Å². The third kappa shape index (κ3) is 4.53. The molecule has 1 aromatic carbocycles. The number of likely N-dealkylation sites (N-methyl/N-ethyl adjacent to an activating group) is 1. The van der Waals surface area contributed by atoms with Crippen molar-refractivity contribution >= 4 is 0 Å². The summed E-state index contributed by atoms with van der Waals surface area (Å²) in [6.45, 7) is 9.84. The summed E-state index contributed by atoms with van der Waals surface area (Å²) in [7, 11) is 2.15. The molecule has 0 bridgehead atoms. The third-order valence-corrected chi connectivity index (χ3v) is 4.47. The van der Waals surface area contributed by atoms with Crippen LogP contribution in [-0.4, -0.2) is 38.3 Å². The molecule has 0 radical (unpaired) electrons. The lowest BCUT2D eigenvalue weighted by Gasteiger charge is -2.30. The van der Waals surface area contributed by atoms with Gasteiger partial charge >= 0.3 is 0 Å². The van der Waals surface area contributed by atoms with Crippen LogP contribution in [0.3, 0.4) is 0 Å². The molecule has 3 nitrogen and oxygen atoms in total. The van der Waals surface area contributed by atoms with E-state index in [9.17, 15) is 0 Å². The van der Waals surface area contributed by atoms with Crippen molar-refractivity contribution in [1.29, 1.82) is 0 Å². The van der Waals surface area contributed by atoms with Gasteiger partial charge in [0, 0.05) is 25.7 Å². The van der Waals surface area contributed by atoms with Crippen molar-refractivity contribution < 1.29 is 4.74 Å². The topological polar surface area (TPSA) is 38.5 Å². The minimum atomic E-state index is 0.273. The predicted molar refractivity (Wildman–Crippen MR) is 88.6 cm³/mol. The first-order chi connectivity index (χ1) is 10.0. The van der Waals surface area contributed by atoms with Gasteiger partial charge < -0.3 is 10.5 Å². The zero-order valence-electron chi connectivity index (χ0n) is 14.0. The van der Waals surface area contributed by atoms with Crippen molar-refractivity contribution in [2.75, 3.05) is 33.4 Å². The van der Waals surface area contributed by atoms with E-state index in [-0.39, 0.29) is 6.04 Å². The van der Waals surface area contributed by atoms with E-state index in [0.29, 0.717) is 6.54 Å². The SMILES string of the molecule is Cc1cc(C)c(C(CN)N(C)CCOCC2CC2)c(C)c1. The van der Waals surface area contributed by atoms with Gasteiger partial charge in [0.05, 0.1) is 6.61 Å². The van der Waals surface area contributed by atoms with Gasteiger partial charge in [0.15, 0.2) is 0 Å². The highest BCUT2D eigenvalue weighted by atomic mass is 16.5. The molecule has 118 valence electrons. The Morgan fingerprint density at radius 3 is 2.38 bits per heavy atom. The van der Waals surface area contributed by atoms with E-state index < -0.39 is 0 Å². The molecule has 0 amide bonds. The van der Waals surface area contributed by atoms with Crippen LogP contribution in [0.1, 0.15) is 41.1 Å². The van der Waals surface area contributed by atoms with Gasteiger partial charge in [-0.25, -0.2) is 0 Å². The van der Waals surface area contributed by atoms with Gasteiger partial charge in [-0.1, -0.05) is 17.7 Å². The number of rotatable bonds is 8. The Kier molecular flexibility index (Phi) is 5.80. The number of aryl methyl sites for hydroxylation is 3. The number of hydrogen-bond acceptors (Lipinski definition) is 3. The quantitative estimate of drug-likeness (QED) is 0.748. The van der Waals surface area contributed by atoms with Crippen molar-refractivity contribution in [2.24, 2.45) is 11.7 Å². The Morgan fingerprint density at radius 2 is 1.86 bits per heavy atom. The summed E-state index contributed by atoms with van der Waals surface area (Å²) in [5.74, 6) is 0.835. The molecule has 0 heterocycles. The highest BCUT2D eigenvalue weighted by Gasteiger charge is 2.22. The summed E-state index contributed by atoms with van der Waals surface area (Å²) in [5, 5.41) is 0. The van der Waals surface area contributed by atoms with E-state index >= 15 is 0 Å². The number of ether oxygens (including phenoxy) is 1. The maximum absolute atomic E-state index is 6.06. The third-order valence-electron chi connectivity index (χ3n) is 4.47. The first kappa shape index (κ1) is 16.5. The number of hydrogen-bond donors (Lipinski definition) is 1. The van der Waals surface area contributed by atoms with Crippen molar-refractivity contribution in [3.63, 3.8) is 0 Å². The fourth-order valence-electron chi connectivity index (χ4n) is 3.13. The number of nitrogens with two attached hydrogens (primary N) is 1. The number of benzene rings is 1. The largest absolute Gasteiger partial charge is 0.380 e. The van der Waals surface area contributed by atoms with Crippen LogP contribution in [0.5, 0.6) is 0 Å². The number of nitrogens with zero attached hydrogens (tertiary/aromatic N) is 1.